The maximum atomic E-state index is 13.0. The van der Waals surface area contributed by atoms with Crippen LogP contribution in [0.5, 0.6) is 5.75 Å². The van der Waals surface area contributed by atoms with Gasteiger partial charge in [0, 0.05) is 52.1 Å². The second kappa shape index (κ2) is 12.0. The zero-order valence-electron chi connectivity index (χ0n) is 21.1. The molecule has 1 aromatic carbocycles. The maximum Gasteiger partial charge on any atom is 0.242 e. The number of rotatable bonds is 9. The maximum absolute atomic E-state index is 13.0. The molecule has 3 amide bonds. The highest BCUT2D eigenvalue weighted by Gasteiger charge is 2.45. The number of hydrogen-bond donors (Lipinski definition) is 0. The number of fused-ring (bicyclic) bond motifs is 1. The van der Waals surface area contributed by atoms with Crippen LogP contribution in [-0.2, 0) is 20.8 Å². The van der Waals surface area contributed by atoms with Crippen LogP contribution in [0.3, 0.4) is 0 Å². The molecular formula is C26H35ClN4O4. The average molecular weight is 503 g/mol. The first kappa shape index (κ1) is 28.1. The number of nitrogens with zero attached hydrogens (tertiary/aromatic N) is 4. The Hall–Kier alpha value is -3.13. The lowest BCUT2D eigenvalue weighted by molar-refractivity contribution is -0.137. The summed E-state index contributed by atoms with van der Waals surface area (Å²) < 4.78 is 5.95. The van der Waals surface area contributed by atoms with Crippen LogP contribution in [0.2, 0.25) is 0 Å². The lowest BCUT2D eigenvalue weighted by atomic mass is 9.90. The van der Waals surface area contributed by atoms with Crippen LogP contribution >= 0.6 is 12.4 Å². The Morgan fingerprint density at radius 2 is 1.86 bits per heavy atom. The van der Waals surface area contributed by atoms with Crippen LogP contribution in [0.15, 0.2) is 42.7 Å². The largest absolute Gasteiger partial charge is 0.493 e. The normalized spacial score (nSPS) is 14.7. The first-order chi connectivity index (χ1) is 16.2. The molecular weight excluding hydrogens is 468 g/mol. The van der Waals surface area contributed by atoms with E-state index >= 15 is 0 Å². The van der Waals surface area contributed by atoms with Crippen molar-refractivity contribution in [2.45, 2.75) is 40.5 Å². The van der Waals surface area contributed by atoms with E-state index in [0.29, 0.717) is 49.8 Å². The van der Waals surface area contributed by atoms with E-state index in [0.717, 1.165) is 12.0 Å². The SMILES string of the molecule is CCN1C(=O)C(C)(C)C(=O)N(C)c2cc(OCCCN(CCc3cccnc3)C(C)=O)ccc21.Cl. The fraction of sp³-hybridized carbons (Fsp3) is 0.462. The van der Waals surface area contributed by atoms with Crippen LogP contribution in [0.25, 0.3) is 0 Å². The smallest absolute Gasteiger partial charge is 0.242 e. The Morgan fingerprint density at radius 3 is 2.49 bits per heavy atom. The predicted molar refractivity (Wildman–Crippen MR) is 139 cm³/mol. The molecule has 8 nitrogen and oxygen atoms in total. The van der Waals surface area contributed by atoms with E-state index in [4.69, 9.17) is 4.74 Å². The summed E-state index contributed by atoms with van der Waals surface area (Å²) >= 11 is 0. The summed E-state index contributed by atoms with van der Waals surface area (Å²) in [5, 5.41) is 0. The minimum atomic E-state index is -1.14. The van der Waals surface area contributed by atoms with Crippen molar-refractivity contribution in [3.8, 4) is 5.75 Å². The lowest BCUT2D eigenvalue weighted by Crippen LogP contribution is -2.47. The average Bonchev–Trinajstić information content (AvgIpc) is 2.88. The van der Waals surface area contributed by atoms with Crippen molar-refractivity contribution in [1.82, 2.24) is 9.88 Å². The molecule has 0 spiro atoms. The van der Waals surface area contributed by atoms with E-state index in [9.17, 15) is 14.4 Å². The number of aromatic nitrogens is 1. The molecule has 3 rings (SSSR count). The summed E-state index contributed by atoms with van der Waals surface area (Å²) in [5.74, 6) is 0.180. The number of benzene rings is 1. The number of halogens is 1. The molecule has 0 N–H and O–H groups in total. The van der Waals surface area contributed by atoms with Crippen LogP contribution in [0, 0.1) is 5.41 Å². The van der Waals surface area contributed by atoms with Crippen LogP contribution in [0.1, 0.15) is 39.7 Å². The number of hydrogen-bond acceptors (Lipinski definition) is 5. The Morgan fingerprint density at radius 1 is 1.11 bits per heavy atom. The molecule has 0 atom stereocenters. The standard InChI is InChI=1S/C26H34N4O4.ClH/c1-6-30-22-11-10-21(17-23(22)28(5)24(32)26(3,4)25(30)33)34-16-8-14-29(19(2)31)15-12-20-9-7-13-27-18-20;/h7,9-11,13,17-18H,6,8,12,14-16H2,1-5H3;1H. The van der Waals surface area contributed by atoms with Gasteiger partial charge in [-0.25, -0.2) is 0 Å². The third kappa shape index (κ3) is 6.31. The van der Waals surface area contributed by atoms with Crippen LogP contribution in [0.4, 0.5) is 11.4 Å². The first-order valence-corrected chi connectivity index (χ1v) is 11.7. The minimum absolute atomic E-state index is 0. The number of pyridine rings is 1. The van der Waals surface area contributed by atoms with E-state index in [-0.39, 0.29) is 30.1 Å². The molecule has 0 aliphatic carbocycles. The highest BCUT2D eigenvalue weighted by Crippen LogP contribution is 2.40. The van der Waals surface area contributed by atoms with Gasteiger partial charge in [-0.3, -0.25) is 19.4 Å². The second-order valence-electron chi connectivity index (χ2n) is 9.01. The number of anilines is 2. The van der Waals surface area contributed by atoms with Gasteiger partial charge in [-0.15, -0.1) is 12.4 Å². The summed E-state index contributed by atoms with van der Waals surface area (Å²) in [7, 11) is 1.69. The van der Waals surface area contributed by atoms with Crippen molar-refractivity contribution < 1.29 is 19.1 Å². The van der Waals surface area contributed by atoms with Crippen molar-refractivity contribution in [1.29, 1.82) is 0 Å². The van der Waals surface area contributed by atoms with Crippen LogP contribution in [-0.4, -0.2) is 60.9 Å². The monoisotopic (exact) mass is 502 g/mol. The van der Waals surface area contributed by atoms with Gasteiger partial charge in [0.1, 0.15) is 11.2 Å². The van der Waals surface area contributed by atoms with Crippen molar-refractivity contribution in [3.63, 3.8) is 0 Å². The molecule has 0 saturated carbocycles. The van der Waals surface area contributed by atoms with Crippen molar-refractivity contribution in [3.05, 3.63) is 48.3 Å². The minimum Gasteiger partial charge on any atom is -0.493 e. The summed E-state index contributed by atoms with van der Waals surface area (Å²) in [6.45, 7) is 8.91. The molecule has 2 heterocycles. The van der Waals surface area contributed by atoms with Crippen molar-refractivity contribution in [2.24, 2.45) is 5.41 Å². The summed E-state index contributed by atoms with van der Waals surface area (Å²) in [4.78, 5) is 47.1. The highest BCUT2D eigenvalue weighted by molar-refractivity contribution is 6.20. The van der Waals surface area contributed by atoms with Gasteiger partial charge in [0.25, 0.3) is 0 Å². The number of amides is 3. The molecule has 0 saturated heterocycles. The van der Waals surface area contributed by atoms with E-state index in [1.165, 1.54) is 4.90 Å². The quantitative estimate of drug-likeness (QED) is 0.385. The molecule has 2 aromatic rings. The third-order valence-electron chi connectivity index (χ3n) is 6.21. The van der Waals surface area contributed by atoms with Gasteiger partial charge >= 0.3 is 0 Å². The van der Waals surface area contributed by atoms with Crippen molar-refractivity contribution in [2.75, 3.05) is 43.1 Å². The second-order valence-corrected chi connectivity index (χ2v) is 9.01. The Balaban J connectivity index is 0.00000432. The molecule has 1 aliphatic rings. The van der Waals surface area contributed by atoms with Gasteiger partial charge in [0.2, 0.25) is 17.7 Å². The van der Waals surface area contributed by atoms with Gasteiger partial charge in [0.15, 0.2) is 0 Å². The Labute approximate surface area is 213 Å². The summed E-state index contributed by atoms with van der Waals surface area (Å²) in [5.41, 5.74) is 1.29. The molecule has 0 radical (unpaired) electrons. The molecule has 1 aromatic heterocycles. The molecule has 0 fully saturated rings. The van der Waals surface area contributed by atoms with E-state index in [1.807, 2.05) is 42.3 Å². The summed E-state index contributed by atoms with van der Waals surface area (Å²) in [6, 6.07) is 9.34. The number of carbonyl (C=O) groups excluding carboxylic acids is 3. The van der Waals surface area contributed by atoms with E-state index in [1.54, 1.807) is 45.0 Å². The molecule has 1 aliphatic heterocycles. The molecule has 9 heteroatoms. The fourth-order valence-corrected chi connectivity index (χ4v) is 4.15. The Bertz CT molecular complexity index is 1040. The molecule has 0 unspecified atom stereocenters. The van der Waals surface area contributed by atoms with Gasteiger partial charge in [-0.05, 0) is 57.4 Å². The van der Waals surface area contributed by atoms with E-state index in [2.05, 4.69) is 4.98 Å². The summed E-state index contributed by atoms with van der Waals surface area (Å²) in [6.07, 6.45) is 4.97. The number of carbonyl (C=O) groups is 3. The van der Waals surface area contributed by atoms with Gasteiger partial charge < -0.3 is 19.4 Å². The lowest BCUT2D eigenvalue weighted by Gasteiger charge is -2.27. The third-order valence-corrected chi connectivity index (χ3v) is 6.21. The molecule has 0 bridgehead atoms. The molecule has 190 valence electrons. The zero-order chi connectivity index (χ0) is 24.9. The first-order valence-electron chi connectivity index (χ1n) is 11.7. The van der Waals surface area contributed by atoms with Gasteiger partial charge in [-0.1, -0.05) is 6.07 Å². The molecule has 35 heavy (non-hydrogen) atoms. The predicted octanol–water partition coefficient (Wildman–Crippen LogP) is 3.72. The van der Waals surface area contributed by atoms with Crippen LogP contribution < -0.4 is 14.5 Å². The fourth-order valence-electron chi connectivity index (χ4n) is 4.15. The Kier molecular flexibility index (Phi) is 9.65. The topological polar surface area (TPSA) is 83.1 Å². The van der Waals surface area contributed by atoms with Crippen molar-refractivity contribution >= 4 is 41.5 Å². The van der Waals surface area contributed by atoms with E-state index < -0.39 is 5.41 Å². The van der Waals surface area contributed by atoms with Gasteiger partial charge in [-0.2, -0.15) is 0 Å². The highest BCUT2D eigenvalue weighted by atomic mass is 35.5. The van der Waals surface area contributed by atoms with Gasteiger partial charge in [0.05, 0.1) is 18.0 Å². The zero-order valence-corrected chi connectivity index (χ0v) is 21.9. The number of ether oxygens (including phenoxy) is 1.